The summed E-state index contributed by atoms with van der Waals surface area (Å²) >= 11 is 0. The zero-order valence-electron chi connectivity index (χ0n) is 29.7. The van der Waals surface area contributed by atoms with Crippen molar-refractivity contribution in [3.05, 3.63) is 103 Å². The quantitative estimate of drug-likeness (QED) is 0.0735. The van der Waals surface area contributed by atoms with Gasteiger partial charge in [-0.3, -0.25) is 20.2 Å². The maximum Gasteiger partial charge on any atom is 0.374 e. The molecule has 2 aromatic carbocycles. The molecule has 0 spiro atoms. The van der Waals surface area contributed by atoms with Gasteiger partial charge in [-0.15, -0.1) is 0 Å². The number of carboxylic acids is 1. The Bertz CT molecular complexity index is 1860. The van der Waals surface area contributed by atoms with Crippen LogP contribution in [-0.2, 0) is 14.2 Å². The number of halogens is 2. The Kier molecular flexibility index (Phi) is 19.5. The number of hydrogen-bond donors (Lipinski definition) is 1. The molecule has 2 heterocycles. The smallest absolute Gasteiger partial charge is 0.374 e. The summed E-state index contributed by atoms with van der Waals surface area (Å²) in [6, 6.07) is 5.49. The molecule has 0 saturated heterocycles. The van der Waals surface area contributed by atoms with E-state index in [9.17, 15) is 48.2 Å². The predicted molar refractivity (Wildman–Crippen MR) is 181 cm³/mol. The van der Waals surface area contributed by atoms with E-state index >= 15 is 0 Å². The van der Waals surface area contributed by atoms with Crippen LogP contribution in [0.2, 0.25) is 0 Å². The number of benzene rings is 2. The average Bonchev–Trinajstić information content (AvgIpc) is 3.84. The Morgan fingerprint density at radius 2 is 1.06 bits per heavy atom. The summed E-state index contributed by atoms with van der Waals surface area (Å²) in [5.41, 5.74) is -3.68. The van der Waals surface area contributed by atoms with Gasteiger partial charge >= 0.3 is 23.9 Å². The van der Waals surface area contributed by atoms with Gasteiger partial charge in [0, 0.05) is 23.3 Å². The Morgan fingerprint density at radius 1 is 0.692 bits per heavy atom. The molecule has 0 bridgehead atoms. The fourth-order valence-corrected chi connectivity index (χ4v) is 4.01. The molecule has 1 N–H and O–H groups in total. The van der Waals surface area contributed by atoms with Crippen molar-refractivity contribution < 1.29 is 66.0 Å². The highest BCUT2D eigenvalue weighted by Crippen LogP contribution is 2.38. The molecule has 0 fully saturated rings. The standard InChI is InChI=1S/C15H12FNO7.C13H8FNO7.3C2H6/c1-3-23-15(19)13-9(4-5-24-13)12-10(16)6-8(14(18)22-2)7-11(12)17(20)21;1-21-13(18)6-4-8(14)10(9(5-6)15(19)20)7-2-3-22-11(7)12(16)17;3*1-2/h4-7H,3H2,1-2H3;2-5H,1H3,(H,16,17);3*1-2H3. The highest BCUT2D eigenvalue weighted by atomic mass is 19.1. The molecule has 4 rings (SSSR count). The number of aromatic carboxylic acids is 1. The Balaban J connectivity index is 0.000000877. The number of ether oxygens (including phenoxy) is 3. The SMILES string of the molecule is CC.CC.CC.CCOC(=O)c1occc1-c1c(F)cc(C(=O)OC)cc1[N+](=O)[O-].COC(=O)c1cc(F)c(-c2ccoc2C(=O)O)c([N+](=O)[O-])c1. The van der Waals surface area contributed by atoms with E-state index in [2.05, 4.69) is 13.9 Å². The van der Waals surface area contributed by atoms with Crippen molar-refractivity contribution in [1.29, 1.82) is 0 Å². The number of carbonyl (C=O) groups is 4. The summed E-state index contributed by atoms with van der Waals surface area (Å²) in [5.74, 6) is -7.51. The first-order chi connectivity index (χ1) is 24.8. The van der Waals surface area contributed by atoms with Gasteiger partial charge in [0.2, 0.25) is 11.5 Å². The van der Waals surface area contributed by atoms with Crippen LogP contribution in [0, 0.1) is 31.9 Å². The fraction of sp³-hybridized carbons (Fsp3) is 0.294. The second-order valence-electron chi connectivity index (χ2n) is 8.55. The van der Waals surface area contributed by atoms with Crippen LogP contribution in [0.1, 0.15) is 90.3 Å². The van der Waals surface area contributed by atoms with Crippen molar-refractivity contribution in [2.24, 2.45) is 0 Å². The third-order valence-electron chi connectivity index (χ3n) is 5.90. The molecule has 52 heavy (non-hydrogen) atoms. The summed E-state index contributed by atoms with van der Waals surface area (Å²) in [6.07, 6.45) is 2.05. The lowest BCUT2D eigenvalue weighted by molar-refractivity contribution is -0.384. The van der Waals surface area contributed by atoms with Gasteiger partial charge in [0.1, 0.15) is 11.6 Å². The van der Waals surface area contributed by atoms with Gasteiger partial charge in [-0.2, -0.15) is 0 Å². The number of esters is 3. The van der Waals surface area contributed by atoms with E-state index in [-0.39, 0.29) is 34.6 Å². The van der Waals surface area contributed by atoms with Gasteiger partial charge in [-0.25, -0.2) is 28.0 Å². The maximum absolute atomic E-state index is 14.5. The normalized spacial score (nSPS) is 9.44. The fourth-order valence-electron chi connectivity index (χ4n) is 4.01. The van der Waals surface area contributed by atoms with Crippen molar-refractivity contribution in [3.8, 4) is 22.3 Å². The summed E-state index contributed by atoms with van der Waals surface area (Å²) in [5, 5.41) is 31.4. The minimum absolute atomic E-state index is 0.0465. The molecular weight excluding hydrogens is 698 g/mol. The molecule has 4 aromatic rings. The number of furan rings is 2. The van der Waals surface area contributed by atoms with E-state index in [1.54, 1.807) is 6.92 Å². The van der Waals surface area contributed by atoms with Gasteiger partial charge in [0.25, 0.3) is 11.4 Å². The molecule has 0 aliphatic heterocycles. The summed E-state index contributed by atoms with van der Waals surface area (Å²) < 4.78 is 51.9. The first kappa shape index (κ1) is 45.5. The molecule has 0 unspecified atom stereocenters. The molecular formula is C34H38F2N2O14. The molecule has 16 nitrogen and oxygen atoms in total. The lowest BCUT2D eigenvalue weighted by atomic mass is 10.0. The second-order valence-corrected chi connectivity index (χ2v) is 8.55. The lowest BCUT2D eigenvalue weighted by Gasteiger charge is -2.07. The van der Waals surface area contributed by atoms with Gasteiger partial charge < -0.3 is 28.2 Å². The molecule has 0 atom stereocenters. The zero-order valence-corrected chi connectivity index (χ0v) is 29.7. The van der Waals surface area contributed by atoms with E-state index in [4.69, 9.17) is 14.3 Å². The Morgan fingerprint density at radius 3 is 1.38 bits per heavy atom. The van der Waals surface area contributed by atoms with Crippen LogP contribution in [0.15, 0.2) is 57.8 Å². The number of nitrogens with zero attached hydrogens (tertiary/aromatic N) is 2. The first-order valence-electron chi connectivity index (χ1n) is 15.5. The number of nitro groups is 2. The second kappa shape index (κ2) is 22.3. The molecule has 0 amide bonds. The molecule has 0 aliphatic rings. The topological polar surface area (TPSA) is 229 Å². The van der Waals surface area contributed by atoms with Crippen LogP contribution < -0.4 is 0 Å². The highest BCUT2D eigenvalue weighted by molar-refractivity contribution is 5.98. The number of methoxy groups -OCH3 is 2. The maximum atomic E-state index is 14.5. The van der Waals surface area contributed by atoms with Gasteiger partial charge in [-0.05, 0) is 31.2 Å². The van der Waals surface area contributed by atoms with Gasteiger partial charge in [-0.1, -0.05) is 41.5 Å². The molecule has 0 saturated carbocycles. The number of hydrogen-bond acceptors (Lipinski definition) is 13. The number of carboxylic acid groups (broad SMARTS) is 1. The molecule has 0 aliphatic carbocycles. The lowest BCUT2D eigenvalue weighted by Crippen LogP contribution is -2.07. The first-order valence-corrected chi connectivity index (χ1v) is 15.5. The van der Waals surface area contributed by atoms with E-state index in [1.807, 2.05) is 41.5 Å². The predicted octanol–water partition coefficient (Wildman–Crippen LogP) is 8.51. The Labute approximate surface area is 296 Å². The Hall–Kier alpha value is -6.46. The molecule has 0 radical (unpaired) electrons. The third kappa shape index (κ3) is 11.0. The third-order valence-corrected chi connectivity index (χ3v) is 5.90. The summed E-state index contributed by atoms with van der Waals surface area (Å²) in [7, 11) is 2.10. The highest BCUT2D eigenvalue weighted by Gasteiger charge is 2.30. The summed E-state index contributed by atoms with van der Waals surface area (Å²) in [6.45, 7) is 13.6. The van der Waals surface area contributed by atoms with Crippen LogP contribution >= 0.6 is 0 Å². The van der Waals surface area contributed by atoms with Gasteiger partial charge in [0.05, 0.1) is 65.5 Å². The van der Waals surface area contributed by atoms with E-state index in [0.29, 0.717) is 0 Å². The van der Waals surface area contributed by atoms with Gasteiger partial charge in [0.15, 0.2) is 0 Å². The van der Waals surface area contributed by atoms with E-state index in [0.717, 1.165) is 57.1 Å². The molecule has 282 valence electrons. The van der Waals surface area contributed by atoms with Crippen LogP contribution in [0.3, 0.4) is 0 Å². The minimum atomic E-state index is -1.51. The van der Waals surface area contributed by atoms with Crippen LogP contribution in [0.5, 0.6) is 0 Å². The van der Waals surface area contributed by atoms with Crippen molar-refractivity contribution in [1.82, 2.24) is 0 Å². The van der Waals surface area contributed by atoms with E-state index < -0.39 is 73.6 Å². The summed E-state index contributed by atoms with van der Waals surface area (Å²) in [4.78, 5) is 66.3. The van der Waals surface area contributed by atoms with Crippen LogP contribution in [0.4, 0.5) is 20.2 Å². The largest absolute Gasteiger partial charge is 0.475 e. The average molecular weight is 737 g/mol. The molecule has 18 heteroatoms. The number of carbonyl (C=O) groups excluding carboxylic acids is 3. The zero-order chi connectivity index (χ0) is 40.3. The van der Waals surface area contributed by atoms with Crippen molar-refractivity contribution in [2.45, 2.75) is 48.5 Å². The van der Waals surface area contributed by atoms with Crippen molar-refractivity contribution >= 4 is 35.3 Å². The van der Waals surface area contributed by atoms with Crippen LogP contribution in [0.25, 0.3) is 22.3 Å². The van der Waals surface area contributed by atoms with Crippen molar-refractivity contribution in [2.75, 3.05) is 20.8 Å². The number of rotatable bonds is 9. The monoisotopic (exact) mass is 736 g/mol. The minimum Gasteiger partial charge on any atom is -0.475 e. The molecule has 2 aromatic heterocycles. The van der Waals surface area contributed by atoms with Crippen molar-refractivity contribution in [3.63, 3.8) is 0 Å². The van der Waals surface area contributed by atoms with E-state index in [1.165, 1.54) is 6.07 Å². The number of nitro benzene ring substituents is 2. The van der Waals surface area contributed by atoms with Crippen LogP contribution in [-0.4, -0.2) is 59.7 Å².